The second kappa shape index (κ2) is 36.5. The van der Waals surface area contributed by atoms with E-state index in [2.05, 4.69) is 75.3 Å². The summed E-state index contributed by atoms with van der Waals surface area (Å²) in [5.74, 6) is 1.28. The highest BCUT2D eigenvalue weighted by atomic mass is 79.9. The molecule has 23 heteroatoms. The minimum absolute atomic E-state index is 0.0670. The van der Waals surface area contributed by atoms with Crippen LogP contribution >= 0.6 is 15.9 Å². The minimum atomic E-state index is -3.86. The van der Waals surface area contributed by atoms with E-state index in [0.29, 0.717) is 107 Å². The van der Waals surface area contributed by atoms with Crippen LogP contribution in [0.25, 0.3) is 11.1 Å². The molecule has 2 saturated carbocycles. The average Bonchev–Trinajstić information content (AvgIpc) is 0.795. The summed E-state index contributed by atoms with van der Waals surface area (Å²) in [6.45, 7) is 20.7. The van der Waals surface area contributed by atoms with Gasteiger partial charge in [-0.1, -0.05) is 136 Å². The minimum Gasteiger partial charge on any atom is -0.378 e. The van der Waals surface area contributed by atoms with Gasteiger partial charge in [0.25, 0.3) is 20.4 Å². The quantitative estimate of drug-likeness (QED) is 0.0911. The molecule has 4 fully saturated rings. The number of rotatable bonds is 15. The maximum absolute atomic E-state index is 14.4. The molecular formula is C76H111BrN10O8S4. The van der Waals surface area contributed by atoms with Crippen LogP contribution in [0.1, 0.15) is 126 Å². The first-order chi connectivity index (χ1) is 47.4. The van der Waals surface area contributed by atoms with Gasteiger partial charge in [-0.05, 0) is 207 Å². The van der Waals surface area contributed by atoms with Crippen LogP contribution in [0.15, 0.2) is 154 Å². The molecule has 0 spiro atoms. The molecule has 0 aromatic heterocycles. The van der Waals surface area contributed by atoms with Crippen molar-refractivity contribution in [2.75, 3.05) is 143 Å². The molecule has 11 rings (SSSR count). The topological polar surface area (TPSA) is 169 Å². The zero-order chi connectivity index (χ0) is 70.9. The summed E-state index contributed by atoms with van der Waals surface area (Å²) in [6, 6.07) is 36.5. The van der Waals surface area contributed by atoms with Gasteiger partial charge in [0, 0.05) is 136 Å². The van der Waals surface area contributed by atoms with Gasteiger partial charge in [0.1, 0.15) is 0 Å². The number of hydrogen-bond donors (Lipinski definition) is 0. The van der Waals surface area contributed by atoms with Crippen LogP contribution < -0.4 is 9.80 Å². The van der Waals surface area contributed by atoms with Crippen molar-refractivity contribution in [3.8, 4) is 11.1 Å². The van der Waals surface area contributed by atoms with Crippen LogP contribution in [-0.4, -0.2) is 202 Å². The van der Waals surface area contributed by atoms with Gasteiger partial charge in [0.05, 0.1) is 9.79 Å². The normalized spacial score (nSPS) is 20.4. The second-order valence-electron chi connectivity index (χ2n) is 28.1. The maximum atomic E-state index is 14.4. The molecule has 5 aromatic rings. The molecule has 0 atom stereocenters. The molecule has 2 aliphatic carbocycles. The van der Waals surface area contributed by atoms with E-state index in [1.165, 1.54) is 82.7 Å². The molecular weight excluding hydrogens is 1390 g/mol. The Labute approximate surface area is 604 Å². The lowest BCUT2D eigenvalue weighted by atomic mass is 9.89. The molecule has 5 aromatic carbocycles. The van der Waals surface area contributed by atoms with Crippen LogP contribution in [0.3, 0.4) is 0 Å². The zero-order valence-electron chi connectivity index (χ0n) is 59.8. The number of benzene rings is 5. The van der Waals surface area contributed by atoms with Crippen LogP contribution in [0.5, 0.6) is 0 Å². The van der Waals surface area contributed by atoms with Gasteiger partial charge in [-0.15, -0.1) is 0 Å². The molecule has 0 unspecified atom stereocenters. The Balaban J connectivity index is 0.000000227. The monoisotopic (exact) mass is 1500 g/mol. The summed E-state index contributed by atoms with van der Waals surface area (Å²) in [4.78, 5) is 9.25. The third-order valence-electron chi connectivity index (χ3n) is 20.3. The van der Waals surface area contributed by atoms with E-state index in [4.69, 9.17) is 0 Å². The fourth-order valence-electron chi connectivity index (χ4n) is 14.8. The molecule has 4 heterocycles. The lowest BCUT2D eigenvalue weighted by molar-refractivity contribution is 0.187. The average molecular weight is 1500 g/mol. The highest BCUT2D eigenvalue weighted by molar-refractivity contribution is 9.10. The molecule has 0 bridgehead atoms. The Hall–Kier alpha value is -4.86. The number of hydrogen-bond acceptors (Lipinski definition) is 12. The van der Waals surface area contributed by atoms with Gasteiger partial charge in [-0.3, -0.25) is 0 Å². The number of fused-ring (bicyclic) bond motifs is 2. The summed E-state index contributed by atoms with van der Waals surface area (Å²) in [7, 11) is -7.66. The summed E-state index contributed by atoms with van der Waals surface area (Å²) < 4.78 is 124. The molecule has 2 saturated heterocycles. The fraction of sp³-hybridized carbons (Fsp3) is 0.553. The molecule has 544 valence electrons. The third-order valence-corrected chi connectivity index (χ3v) is 28.4. The van der Waals surface area contributed by atoms with Crippen molar-refractivity contribution in [3.05, 3.63) is 166 Å². The summed E-state index contributed by atoms with van der Waals surface area (Å²) >= 11 is 3.53. The van der Waals surface area contributed by atoms with Gasteiger partial charge >= 0.3 is 0 Å². The van der Waals surface area contributed by atoms with Gasteiger partial charge in [-0.25, -0.2) is 16.8 Å². The number of sulfonamides is 2. The molecule has 0 amide bonds. The Bertz CT molecular complexity index is 3910. The Morgan fingerprint density at radius 3 is 1.15 bits per heavy atom. The number of anilines is 2. The SMILES string of the molecule is C=C1CN(S(=O)(=O)c2ccc(N(C)C)cc2)CCCN(CC2CCCCC2)CCCN(S(=O)(=O)N2CCc3cc(-c4ccccc4)ccc3C2)C1.C=C1CN(S(=O)(=O)c2ccc(N(C)C)cc2)CCCN(CC2CCCCC2)CCCN(S(=O)(=O)N2CCc3cc(Br)ccc3C2)C1.CC. The van der Waals surface area contributed by atoms with Gasteiger partial charge in [-0.2, -0.15) is 42.7 Å². The van der Waals surface area contributed by atoms with E-state index in [9.17, 15) is 33.7 Å². The molecule has 6 aliphatic rings. The van der Waals surface area contributed by atoms with Crippen LogP contribution in [0.2, 0.25) is 0 Å². The van der Waals surface area contributed by atoms with E-state index in [1.807, 2.05) is 106 Å². The Morgan fingerprint density at radius 1 is 0.384 bits per heavy atom. The van der Waals surface area contributed by atoms with Crippen molar-refractivity contribution >= 4 is 67.8 Å². The lowest BCUT2D eigenvalue weighted by Gasteiger charge is -2.35. The molecule has 0 N–H and O–H groups in total. The van der Waals surface area contributed by atoms with Crippen LogP contribution in [0, 0.1) is 11.8 Å². The predicted octanol–water partition coefficient (Wildman–Crippen LogP) is 12.6. The maximum Gasteiger partial charge on any atom is 0.282 e. The van der Waals surface area contributed by atoms with Crippen LogP contribution in [0.4, 0.5) is 11.4 Å². The van der Waals surface area contributed by atoms with Crippen molar-refractivity contribution < 1.29 is 33.7 Å². The van der Waals surface area contributed by atoms with Crippen molar-refractivity contribution in [1.29, 1.82) is 0 Å². The first-order valence-electron chi connectivity index (χ1n) is 36.2. The van der Waals surface area contributed by atoms with E-state index >= 15 is 0 Å². The molecule has 18 nitrogen and oxygen atoms in total. The molecule has 0 radical (unpaired) electrons. The smallest absolute Gasteiger partial charge is 0.282 e. The second-order valence-corrected chi connectivity index (χ2v) is 36.7. The standard InChI is InChI=1S/C40H55N5O4S2.C34H50BrN5O4S2.C2H6/c1-33-29-43(50(46,47)40-20-18-39(19-21-40)41(2)3)25-10-23-42(31-34-12-6-4-7-13-34)24-11-26-44(30-33)51(48,49)45-27-22-37-28-36(16-17-38(37)32-45)35-14-8-5-9-15-35;1-28-24-38(45(41,42)34-15-13-33(14-16-34)36(2)3)20-7-18-37(26-29-9-5-4-6-10-29)19-8-21-39(25-28)46(43,44)40-22-17-30-23-32(35)12-11-31(30)27-40;1-2/h5,8-9,14-21,28,34H,1,4,6-7,10-13,22-27,29-32H2,2-3H3;11-16,23,29H,1,4-10,17-22,24-27H2,2-3H3;1-2H3. The largest absolute Gasteiger partial charge is 0.378 e. The van der Waals surface area contributed by atoms with Crippen molar-refractivity contribution in [2.24, 2.45) is 11.8 Å². The van der Waals surface area contributed by atoms with E-state index < -0.39 is 40.5 Å². The fourth-order valence-corrected chi connectivity index (χ4v) is 21.6. The van der Waals surface area contributed by atoms with Crippen LogP contribution in [-0.2, 0) is 66.4 Å². The van der Waals surface area contributed by atoms with Gasteiger partial charge in [0.2, 0.25) is 20.0 Å². The van der Waals surface area contributed by atoms with Gasteiger partial charge in [0.15, 0.2) is 0 Å². The Kier molecular flexibility index (Phi) is 28.9. The zero-order valence-corrected chi connectivity index (χ0v) is 64.7. The summed E-state index contributed by atoms with van der Waals surface area (Å²) in [6.07, 6.45) is 16.7. The highest BCUT2D eigenvalue weighted by Crippen LogP contribution is 2.33. The van der Waals surface area contributed by atoms with E-state index in [-0.39, 0.29) is 36.0 Å². The van der Waals surface area contributed by atoms with E-state index in [1.54, 1.807) is 37.2 Å². The first-order valence-corrected chi connectivity index (χ1v) is 42.7. The molecule has 4 aliphatic heterocycles. The first kappa shape index (κ1) is 78.3. The van der Waals surface area contributed by atoms with Crippen molar-refractivity contribution in [3.63, 3.8) is 0 Å². The van der Waals surface area contributed by atoms with Crippen molar-refractivity contribution in [1.82, 2.24) is 35.6 Å². The third kappa shape index (κ3) is 21.2. The summed E-state index contributed by atoms with van der Waals surface area (Å²) in [5.41, 5.74) is 9.64. The van der Waals surface area contributed by atoms with Crippen molar-refractivity contribution in [2.45, 2.75) is 139 Å². The number of nitrogens with zero attached hydrogens (tertiary/aromatic N) is 10. The summed E-state index contributed by atoms with van der Waals surface area (Å²) in [5, 5.41) is 0. The molecule has 99 heavy (non-hydrogen) atoms. The number of halogens is 1. The van der Waals surface area contributed by atoms with Gasteiger partial charge < -0.3 is 19.6 Å². The predicted molar refractivity (Wildman–Crippen MR) is 408 cm³/mol. The highest BCUT2D eigenvalue weighted by Gasteiger charge is 2.37. The Morgan fingerprint density at radius 2 is 0.747 bits per heavy atom. The van der Waals surface area contributed by atoms with E-state index in [0.717, 1.165) is 89.4 Å². The lowest BCUT2D eigenvalue weighted by Crippen LogP contribution is -2.48.